The number of hydrogen-bond acceptors (Lipinski definition) is 7. The molecule has 5 rings (SSSR count). The van der Waals surface area contributed by atoms with Gasteiger partial charge >= 0.3 is 0 Å². The van der Waals surface area contributed by atoms with Crippen LogP contribution in [0, 0.1) is 0 Å². The number of nitrogens with zero attached hydrogens (tertiary/aromatic N) is 3. The van der Waals surface area contributed by atoms with E-state index in [1.165, 1.54) is 4.88 Å². The summed E-state index contributed by atoms with van der Waals surface area (Å²) in [4.78, 5) is 18.0. The van der Waals surface area contributed by atoms with Gasteiger partial charge in [-0.05, 0) is 42.3 Å². The minimum Gasteiger partial charge on any atom is -0.349 e. The van der Waals surface area contributed by atoms with Crippen LogP contribution in [0.15, 0.2) is 40.1 Å². The highest BCUT2D eigenvalue weighted by molar-refractivity contribution is 7.12. The number of rotatable bonds is 5. The maximum Gasteiger partial charge on any atom is 0.257 e. The van der Waals surface area contributed by atoms with Crippen molar-refractivity contribution in [3.05, 3.63) is 44.8 Å². The van der Waals surface area contributed by atoms with E-state index in [9.17, 15) is 4.79 Å². The number of likely N-dealkylation sites (tertiary alicyclic amines) is 1. The smallest absolute Gasteiger partial charge is 0.257 e. The Morgan fingerprint density at radius 3 is 2.72 bits per heavy atom. The topological polar surface area (TPSA) is 54.4 Å². The Balaban J connectivity index is 1.35. The molecule has 0 saturated carbocycles. The number of piperidine rings is 1. The van der Waals surface area contributed by atoms with Crippen LogP contribution < -0.4 is 0 Å². The van der Waals surface area contributed by atoms with Crippen LogP contribution in [0.5, 0.6) is 0 Å². The predicted molar refractivity (Wildman–Crippen MR) is 114 cm³/mol. The molecule has 29 heavy (non-hydrogen) atoms. The summed E-state index contributed by atoms with van der Waals surface area (Å²) in [5.74, 6) is 0.0554. The molecule has 0 N–H and O–H groups in total. The van der Waals surface area contributed by atoms with Crippen LogP contribution in [0.1, 0.15) is 41.5 Å². The van der Waals surface area contributed by atoms with E-state index in [2.05, 4.69) is 27.8 Å². The van der Waals surface area contributed by atoms with Gasteiger partial charge in [-0.2, -0.15) is 5.10 Å². The number of ether oxygens (including phenoxy) is 2. The first kappa shape index (κ1) is 19.4. The number of carbonyl (C=O) groups excluding carboxylic acids is 1. The van der Waals surface area contributed by atoms with E-state index in [0.717, 1.165) is 42.8 Å². The van der Waals surface area contributed by atoms with Crippen LogP contribution in [0.25, 0.3) is 0 Å². The van der Waals surface area contributed by atoms with Crippen molar-refractivity contribution in [1.82, 2.24) is 9.91 Å². The molecule has 0 radical (unpaired) electrons. The third-order valence-electron chi connectivity index (χ3n) is 5.81. The number of carbonyl (C=O) groups is 1. The average Bonchev–Trinajstić information content (AvgIpc) is 3.55. The van der Waals surface area contributed by atoms with Crippen molar-refractivity contribution in [1.29, 1.82) is 0 Å². The van der Waals surface area contributed by atoms with Crippen LogP contribution in [0.2, 0.25) is 0 Å². The lowest BCUT2D eigenvalue weighted by molar-refractivity contribution is -0.141. The van der Waals surface area contributed by atoms with Crippen LogP contribution in [-0.4, -0.2) is 60.2 Å². The standard InChI is InChI=1S/C21H25N3O3S2/c25-20(14-23-8-2-1-5-16(23)21-26-9-10-27-21)24-17(19-7-4-12-29-19)13-15(22-24)18-6-3-11-28-18/h3-4,6-7,11-12,16-17,21H,1-2,5,8-10,13-14H2. The summed E-state index contributed by atoms with van der Waals surface area (Å²) in [6.45, 7) is 2.55. The summed E-state index contributed by atoms with van der Waals surface area (Å²) in [5, 5.41) is 10.6. The Kier molecular flexibility index (Phi) is 5.78. The minimum atomic E-state index is -0.208. The molecule has 0 aliphatic carbocycles. The second-order valence-electron chi connectivity index (χ2n) is 7.64. The maximum atomic E-state index is 13.4. The van der Waals surface area contributed by atoms with Crippen LogP contribution in [0.4, 0.5) is 0 Å². The number of hydrogen-bond donors (Lipinski definition) is 0. The van der Waals surface area contributed by atoms with Crippen molar-refractivity contribution in [2.24, 2.45) is 5.10 Å². The molecule has 3 aliphatic heterocycles. The van der Waals surface area contributed by atoms with Crippen molar-refractivity contribution in [2.45, 2.75) is 44.1 Å². The molecular weight excluding hydrogens is 406 g/mol. The van der Waals surface area contributed by atoms with Crippen LogP contribution in [0.3, 0.4) is 0 Å². The van der Waals surface area contributed by atoms with E-state index in [1.54, 1.807) is 27.7 Å². The Morgan fingerprint density at radius 2 is 1.97 bits per heavy atom. The second kappa shape index (κ2) is 8.65. The van der Waals surface area contributed by atoms with E-state index >= 15 is 0 Å². The zero-order valence-corrected chi connectivity index (χ0v) is 17.9. The summed E-state index contributed by atoms with van der Waals surface area (Å²) in [5.41, 5.74) is 1.00. The Hall–Kier alpha value is -1.58. The molecule has 8 heteroatoms. The fourth-order valence-electron chi connectivity index (χ4n) is 4.40. The molecule has 2 aromatic heterocycles. The molecule has 1 amide bonds. The van der Waals surface area contributed by atoms with E-state index in [0.29, 0.717) is 19.8 Å². The van der Waals surface area contributed by atoms with E-state index in [-0.39, 0.29) is 24.3 Å². The Labute approximate surface area is 178 Å². The monoisotopic (exact) mass is 431 g/mol. The second-order valence-corrected chi connectivity index (χ2v) is 9.57. The van der Waals surface area contributed by atoms with Gasteiger partial charge in [0.2, 0.25) is 0 Å². The van der Waals surface area contributed by atoms with Gasteiger partial charge in [0.15, 0.2) is 6.29 Å². The largest absolute Gasteiger partial charge is 0.349 e. The van der Waals surface area contributed by atoms with E-state index < -0.39 is 0 Å². The molecule has 3 aliphatic rings. The summed E-state index contributed by atoms with van der Waals surface area (Å²) >= 11 is 3.37. The Morgan fingerprint density at radius 1 is 1.14 bits per heavy atom. The zero-order chi connectivity index (χ0) is 19.6. The first-order chi connectivity index (χ1) is 14.3. The van der Waals surface area contributed by atoms with Gasteiger partial charge in [-0.1, -0.05) is 18.6 Å². The van der Waals surface area contributed by atoms with Crippen molar-refractivity contribution in [2.75, 3.05) is 26.3 Å². The lowest BCUT2D eigenvalue weighted by atomic mass is 10.0. The maximum absolute atomic E-state index is 13.4. The highest BCUT2D eigenvalue weighted by Gasteiger charge is 2.38. The van der Waals surface area contributed by atoms with Crippen molar-refractivity contribution in [3.63, 3.8) is 0 Å². The lowest BCUT2D eigenvalue weighted by Crippen LogP contribution is -2.51. The molecule has 2 unspecified atom stereocenters. The summed E-state index contributed by atoms with van der Waals surface area (Å²) < 4.78 is 11.5. The highest BCUT2D eigenvalue weighted by atomic mass is 32.1. The molecule has 2 aromatic rings. The summed E-state index contributed by atoms with van der Waals surface area (Å²) in [6.07, 6.45) is 3.83. The molecule has 2 atom stereocenters. The van der Waals surface area contributed by atoms with Gasteiger partial charge in [-0.3, -0.25) is 9.69 Å². The lowest BCUT2D eigenvalue weighted by Gasteiger charge is -2.38. The molecule has 6 nitrogen and oxygen atoms in total. The van der Waals surface area contributed by atoms with E-state index in [4.69, 9.17) is 14.6 Å². The predicted octanol–water partition coefficient (Wildman–Crippen LogP) is 3.71. The fraction of sp³-hybridized carbons (Fsp3) is 0.524. The quantitative estimate of drug-likeness (QED) is 0.724. The van der Waals surface area contributed by atoms with Gasteiger partial charge in [0, 0.05) is 11.3 Å². The molecule has 0 aromatic carbocycles. The molecule has 2 saturated heterocycles. The van der Waals surface area contributed by atoms with Gasteiger partial charge in [0.25, 0.3) is 5.91 Å². The average molecular weight is 432 g/mol. The number of hydrazone groups is 1. The van der Waals surface area contributed by atoms with Gasteiger partial charge in [0.05, 0.1) is 42.4 Å². The number of thiophene rings is 2. The van der Waals surface area contributed by atoms with Gasteiger partial charge in [-0.25, -0.2) is 5.01 Å². The highest BCUT2D eigenvalue weighted by Crippen LogP contribution is 2.36. The van der Waals surface area contributed by atoms with E-state index in [1.807, 2.05) is 12.1 Å². The first-order valence-corrected chi connectivity index (χ1v) is 12.0. The van der Waals surface area contributed by atoms with Crippen molar-refractivity contribution in [3.8, 4) is 0 Å². The molecule has 5 heterocycles. The van der Waals surface area contributed by atoms with Crippen molar-refractivity contribution < 1.29 is 14.3 Å². The molecule has 2 fully saturated rings. The van der Waals surface area contributed by atoms with Gasteiger partial charge in [-0.15, -0.1) is 22.7 Å². The van der Waals surface area contributed by atoms with Crippen LogP contribution >= 0.6 is 22.7 Å². The van der Waals surface area contributed by atoms with Crippen molar-refractivity contribution >= 4 is 34.3 Å². The summed E-state index contributed by atoms with van der Waals surface area (Å²) in [7, 11) is 0. The molecule has 0 spiro atoms. The molecular formula is C21H25N3O3S2. The Bertz CT molecular complexity index is 847. The molecule has 154 valence electrons. The third-order valence-corrected chi connectivity index (χ3v) is 7.70. The minimum absolute atomic E-state index is 0.0122. The zero-order valence-electron chi connectivity index (χ0n) is 16.2. The first-order valence-electron chi connectivity index (χ1n) is 10.2. The number of amides is 1. The summed E-state index contributed by atoms with van der Waals surface area (Å²) in [6, 6.07) is 8.40. The van der Waals surface area contributed by atoms with Gasteiger partial charge in [0.1, 0.15) is 0 Å². The van der Waals surface area contributed by atoms with Gasteiger partial charge < -0.3 is 9.47 Å². The molecule has 0 bridgehead atoms. The third kappa shape index (κ3) is 4.04. The fourth-order valence-corrected chi connectivity index (χ4v) is 5.93. The SMILES string of the molecule is O=C(CN1CCCCC1C1OCCO1)N1N=C(c2cccs2)CC1c1cccs1. The normalized spacial score (nSPS) is 26.2. The van der Waals surface area contributed by atoms with Crippen LogP contribution in [-0.2, 0) is 14.3 Å².